The average molecular weight is 205 g/mol. The minimum absolute atomic E-state index is 1.06. The van der Waals surface area contributed by atoms with Gasteiger partial charge >= 0.3 is 0 Å². The van der Waals surface area contributed by atoms with E-state index in [0.717, 1.165) is 38.3 Å². The fourth-order valence-electron chi connectivity index (χ4n) is 2.04. The van der Waals surface area contributed by atoms with Gasteiger partial charge in [-0.3, -0.25) is 9.88 Å². The van der Waals surface area contributed by atoms with Crippen molar-refractivity contribution in [2.75, 3.05) is 26.7 Å². The quantitative estimate of drug-likeness (QED) is 0.797. The molecular weight excluding hydrogens is 186 g/mol. The minimum atomic E-state index is 1.06. The molecule has 1 aliphatic heterocycles. The number of hydrogen-bond donors (Lipinski definition) is 1. The Morgan fingerprint density at radius 2 is 2.33 bits per heavy atom. The molecule has 0 aromatic carbocycles. The molecule has 0 atom stereocenters. The molecule has 82 valence electrons. The molecule has 2 heterocycles. The topological polar surface area (TPSA) is 28.2 Å². The molecule has 0 saturated carbocycles. The summed E-state index contributed by atoms with van der Waals surface area (Å²) in [6, 6.07) is 4.34. The number of hydrogen-bond acceptors (Lipinski definition) is 3. The fraction of sp³-hybridized carbons (Fsp3) is 0.583. The molecule has 3 nitrogen and oxygen atoms in total. The van der Waals surface area contributed by atoms with Gasteiger partial charge in [-0.2, -0.15) is 0 Å². The van der Waals surface area contributed by atoms with Gasteiger partial charge in [0.25, 0.3) is 0 Å². The van der Waals surface area contributed by atoms with E-state index in [-0.39, 0.29) is 0 Å². The Morgan fingerprint density at radius 1 is 1.47 bits per heavy atom. The minimum Gasteiger partial charge on any atom is -0.318 e. The zero-order chi connectivity index (χ0) is 10.7. The predicted molar refractivity (Wildman–Crippen MR) is 61.9 cm³/mol. The van der Waals surface area contributed by atoms with Crippen LogP contribution in [-0.4, -0.2) is 36.6 Å². The van der Waals surface area contributed by atoms with Crippen LogP contribution >= 0.6 is 0 Å². The summed E-state index contributed by atoms with van der Waals surface area (Å²) >= 11 is 0. The molecule has 0 bridgehead atoms. The van der Waals surface area contributed by atoms with E-state index in [1.54, 1.807) is 0 Å². The summed E-state index contributed by atoms with van der Waals surface area (Å²) in [6.07, 6.45) is 1.10. The standard InChI is InChI=1S/C12H19N3/c1-10-3-4-11-9-15(8-6-13-2)7-5-12(11)14-10/h3-4,13H,5-9H2,1-2H3. The summed E-state index contributed by atoms with van der Waals surface area (Å²) in [5.74, 6) is 0. The van der Waals surface area contributed by atoms with Crippen LogP contribution in [0.15, 0.2) is 12.1 Å². The van der Waals surface area contributed by atoms with Gasteiger partial charge in [0.15, 0.2) is 0 Å². The van der Waals surface area contributed by atoms with Crippen LogP contribution in [0, 0.1) is 6.92 Å². The van der Waals surface area contributed by atoms with Crippen LogP contribution in [0.25, 0.3) is 0 Å². The highest BCUT2D eigenvalue weighted by atomic mass is 15.1. The predicted octanol–water partition coefficient (Wildman–Crippen LogP) is 0.968. The van der Waals surface area contributed by atoms with Crippen LogP contribution in [0.3, 0.4) is 0 Å². The second-order valence-electron chi connectivity index (χ2n) is 4.19. The number of aryl methyl sites for hydroxylation is 1. The van der Waals surface area contributed by atoms with Crippen molar-refractivity contribution in [3.8, 4) is 0 Å². The van der Waals surface area contributed by atoms with Crippen LogP contribution in [-0.2, 0) is 13.0 Å². The molecule has 0 aliphatic carbocycles. The number of fused-ring (bicyclic) bond motifs is 1. The molecule has 0 amide bonds. The molecule has 0 unspecified atom stereocenters. The summed E-state index contributed by atoms with van der Waals surface area (Å²) in [6.45, 7) is 6.46. The van der Waals surface area contributed by atoms with Crippen molar-refractivity contribution in [3.05, 3.63) is 29.1 Å². The number of rotatable bonds is 3. The lowest BCUT2D eigenvalue weighted by molar-refractivity contribution is 0.254. The molecule has 0 radical (unpaired) electrons. The Hall–Kier alpha value is -0.930. The monoisotopic (exact) mass is 205 g/mol. The maximum absolute atomic E-state index is 4.59. The van der Waals surface area contributed by atoms with Crippen LogP contribution in [0.2, 0.25) is 0 Å². The van der Waals surface area contributed by atoms with E-state index in [2.05, 4.69) is 34.3 Å². The van der Waals surface area contributed by atoms with Crippen molar-refractivity contribution in [1.29, 1.82) is 0 Å². The third kappa shape index (κ3) is 2.55. The van der Waals surface area contributed by atoms with Gasteiger partial charge in [0.05, 0.1) is 0 Å². The van der Waals surface area contributed by atoms with E-state index in [9.17, 15) is 0 Å². The third-order valence-electron chi connectivity index (χ3n) is 2.94. The van der Waals surface area contributed by atoms with Gasteiger partial charge in [-0.15, -0.1) is 0 Å². The van der Waals surface area contributed by atoms with E-state index in [0.29, 0.717) is 0 Å². The summed E-state index contributed by atoms with van der Waals surface area (Å²) in [4.78, 5) is 7.07. The fourth-order valence-corrected chi connectivity index (χ4v) is 2.04. The summed E-state index contributed by atoms with van der Waals surface area (Å²) in [5, 5.41) is 3.19. The second-order valence-corrected chi connectivity index (χ2v) is 4.19. The molecule has 1 aromatic heterocycles. The highest BCUT2D eigenvalue weighted by Crippen LogP contribution is 2.16. The van der Waals surface area contributed by atoms with E-state index in [4.69, 9.17) is 0 Å². The highest BCUT2D eigenvalue weighted by molar-refractivity contribution is 5.24. The third-order valence-corrected chi connectivity index (χ3v) is 2.94. The maximum Gasteiger partial charge on any atom is 0.0464 e. The van der Waals surface area contributed by atoms with Crippen LogP contribution < -0.4 is 5.32 Å². The van der Waals surface area contributed by atoms with Gasteiger partial charge in [0.1, 0.15) is 0 Å². The normalized spacial score (nSPS) is 16.4. The number of likely N-dealkylation sites (N-methyl/N-ethyl adjacent to an activating group) is 1. The summed E-state index contributed by atoms with van der Waals surface area (Å²) in [7, 11) is 2.00. The first kappa shape index (κ1) is 10.6. The smallest absolute Gasteiger partial charge is 0.0464 e. The van der Waals surface area contributed by atoms with Gasteiger partial charge in [-0.05, 0) is 25.6 Å². The number of nitrogens with one attached hydrogen (secondary N) is 1. The zero-order valence-corrected chi connectivity index (χ0v) is 9.58. The molecule has 1 aromatic rings. The molecule has 1 N–H and O–H groups in total. The zero-order valence-electron chi connectivity index (χ0n) is 9.58. The van der Waals surface area contributed by atoms with Crippen molar-refractivity contribution in [3.63, 3.8) is 0 Å². The molecule has 1 aliphatic rings. The molecular formula is C12H19N3. The SMILES string of the molecule is CNCCN1CCc2nc(C)ccc2C1. The first-order valence-corrected chi connectivity index (χ1v) is 5.62. The van der Waals surface area contributed by atoms with Crippen molar-refractivity contribution in [2.24, 2.45) is 0 Å². The van der Waals surface area contributed by atoms with Crippen molar-refractivity contribution in [2.45, 2.75) is 19.9 Å². The molecule has 0 saturated heterocycles. The lowest BCUT2D eigenvalue weighted by Crippen LogP contribution is -2.35. The summed E-state index contributed by atoms with van der Waals surface area (Å²) < 4.78 is 0. The van der Waals surface area contributed by atoms with Crippen LogP contribution in [0.1, 0.15) is 17.0 Å². The van der Waals surface area contributed by atoms with Gasteiger partial charge in [-0.1, -0.05) is 6.07 Å². The Labute approximate surface area is 91.5 Å². The van der Waals surface area contributed by atoms with E-state index in [1.165, 1.54) is 11.3 Å². The van der Waals surface area contributed by atoms with Crippen molar-refractivity contribution >= 4 is 0 Å². The van der Waals surface area contributed by atoms with Gasteiger partial charge in [-0.25, -0.2) is 0 Å². The molecule has 15 heavy (non-hydrogen) atoms. The van der Waals surface area contributed by atoms with Gasteiger partial charge in [0, 0.05) is 44.0 Å². The van der Waals surface area contributed by atoms with E-state index in [1.807, 2.05) is 7.05 Å². The maximum atomic E-state index is 4.59. The first-order chi connectivity index (χ1) is 7.29. The Morgan fingerprint density at radius 3 is 3.13 bits per heavy atom. The van der Waals surface area contributed by atoms with Gasteiger partial charge < -0.3 is 5.32 Å². The first-order valence-electron chi connectivity index (χ1n) is 5.62. The number of pyridine rings is 1. The van der Waals surface area contributed by atoms with E-state index >= 15 is 0 Å². The Bertz CT molecular complexity index is 336. The largest absolute Gasteiger partial charge is 0.318 e. The molecule has 0 spiro atoms. The lowest BCUT2D eigenvalue weighted by Gasteiger charge is -2.28. The Balaban J connectivity index is 2.03. The lowest BCUT2D eigenvalue weighted by atomic mass is 10.1. The number of aromatic nitrogens is 1. The van der Waals surface area contributed by atoms with Gasteiger partial charge in [0.2, 0.25) is 0 Å². The average Bonchev–Trinajstić information content (AvgIpc) is 2.26. The second kappa shape index (κ2) is 4.73. The highest BCUT2D eigenvalue weighted by Gasteiger charge is 2.16. The van der Waals surface area contributed by atoms with Crippen molar-refractivity contribution < 1.29 is 0 Å². The number of nitrogens with zero attached hydrogens (tertiary/aromatic N) is 2. The van der Waals surface area contributed by atoms with Crippen LogP contribution in [0.5, 0.6) is 0 Å². The molecule has 0 fully saturated rings. The molecule has 3 heteroatoms. The summed E-state index contributed by atoms with van der Waals surface area (Å²) in [5.41, 5.74) is 3.84. The van der Waals surface area contributed by atoms with E-state index < -0.39 is 0 Å². The Kier molecular flexibility index (Phi) is 3.34. The molecule has 2 rings (SSSR count). The van der Waals surface area contributed by atoms with Crippen molar-refractivity contribution in [1.82, 2.24) is 15.2 Å². The van der Waals surface area contributed by atoms with Crippen LogP contribution in [0.4, 0.5) is 0 Å².